The monoisotopic (exact) mass is 797 g/mol. The molecule has 4 aromatic rings. The van der Waals surface area contributed by atoms with Crippen LogP contribution in [0.5, 0.6) is 5.75 Å². The van der Waals surface area contributed by atoms with Crippen molar-refractivity contribution in [3.05, 3.63) is 71.4 Å². The van der Waals surface area contributed by atoms with E-state index in [9.17, 15) is 24.6 Å². The Bertz CT molecular complexity index is 2090. The van der Waals surface area contributed by atoms with Gasteiger partial charge in [0.15, 0.2) is 5.82 Å². The van der Waals surface area contributed by atoms with Gasteiger partial charge in [0.1, 0.15) is 24.4 Å². The van der Waals surface area contributed by atoms with E-state index < -0.39 is 35.6 Å². The Kier molecular flexibility index (Phi) is 11.7. The lowest BCUT2D eigenvalue weighted by Gasteiger charge is -2.45. The maximum absolute atomic E-state index is 14.1. The van der Waals surface area contributed by atoms with Crippen molar-refractivity contribution in [3.8, 4) is 27.4 Å². The van der Waals surface area contributed by atoms with Crippen molar-refractivity contribution in [1.29, 1.82) is 0 Å². The maximum atomic E-state index is 14.1. The fourth-order valence-corrected chi connectivity index (χ4v) is 8.63. The first-order valence-electron chi connectivity index (χ1n) is 19.4. The Hall–Kier alpha value is -5.32. The van der Waals surface area contributed by atoms with Gasteiger partial charge < -0.3 is 40.7 Å². The van der Waals surface area contributed by atoms with Gasteiger partial charge in [-0.1, -0.05) is 57.2 Å². The number of carbonyl (C=O) groups excluding carboxylic acids is 3. The second-order valence-corrected chi connectivity index (χ2v) is 17.0. The van der Waals surface area contributed by atoms with E-state index in [2.05, 4.69) is 40.9 Å². The molecule has 3 aliphatic rings. The number of alkyl carbamates (subject to hydrolysis) is 1. The predicted molar refractivity (Wildman–Crippen MR) is 218 cm³/mol. The molecule has 7 rings (SSSR count). The van der Waals surface area contributed by atoms with Crippen LogP contribution in [0.15, 0.2) is 60.1 Å². The summed E-state index contributed by atoms with van der Waals surface area (Å²) in [5, 5.41) is 38.9. The average molecular weight is 798 g/mol. The average Bonchev–Trinajstić information content (AvgIpc) is 3.81. The Morgan fingerprint density at radius 1 is 1.05 bits per heavy atom. The minimum atomic E-state index is -1.01. The van der Waals surface area contributed by atoms with E-state index in [4.69, 9.17) is 4.74 Å². The summed E-state index contributed by atoms with van der Waals surface area (Å²) in [5.41, 5.74) is 6.16. The number of fused-ring (bicyclic) bond motifs is 3. The zero-order chi connectivity index (χ0) is 40.4. The number of piperazine rings is 1. The number of aliphatic hydroxyl groups is 1. The fraction of sp³-hybridized carbons (Fsp3) is 0.463. The fourth-order valence-electron chi connectivity index (χ4n) is 7.82. The number of hydrogen-bond donors (Lipinski definition) is 5. The highest BCUT2D eigenvalue weighted by Gasteiger charge is 2.45. The number of benzene rings is 2. The standard InChI is InChI=1S/C41H51N9O6S/c1-24(26-10-12-27(13-11-26)35-25(2)43-23-57-35)44-38(53)33-18-29(51)22-50(33)39(54)36(41(3,4)5)45-40(55)56-17-16-48-14-15-49-28(21-48)20-42-37-32(49)19-31(46-47-37)30-8-6-7-9-34(30)52/h6-13,19,23-24,28-29,33,36,51-52H,14-18,20-22H2,1-5H3,(H,42,47)(H,44,53)(H,45,55)/t24-,28-,29+,33-,36-/m0/s1. The largest absolute Gasteiger partial charge is 0.507 e. The van der Waals surface area contributed by atoms with E-state index in [1.807, 2.05) is 82.6 Å². The molecule has 0 spiro atoms. The molecule has 57 heavy (non-hydrogen) atoms. The molecular weight excluding hydrogens is 747 g/mol. The molecule has 2 aromatic carbocycles. The van der Waals surface area contributed by atoms with E-state index in [1.54, 1.807) is 23.5 Å². The number of para-hydroxylation sites is 1. The van der Waals surface area contributed by atoms with Gasteiger partial charge in [-0.3, -0.25) is 14.5 Å². The van der Waals surface area contributed by atoms with Crippen molar-refractivity contribution in [2.75, 3.05) is 56.1 Å². The SMILES string of the molecule is Cc1ncsc1-c1ccc([C@H](C)NC(=O)[C@@H]2C[C@@H](O)CN2C(=O)[C@H](NC(=O)OCCN2CCN3c4cc(-c5ccccc5O)nnc4NC[C@H]3C2)C(C)(C)C)cc1. The van der Waals surface area contributed by atoms with Crippen molar-refractivity contribution >= 4 is 40.7 Å². The van der Waals surface area contributed by atoms with Gasteiger partial charge in [0.25, 0.3) is 0 Å². The molecular formula is C41H51N9O6S. The number of likely N-dealkylation sites (tertiary alicyclic amines) is 1. The number of anilines is 2. The van der Waals surface area contributed by atoms with Crippen LogP contribution in [0.1, 0.15) is 51.4 Å². The molecule has 302 valence electrons. The number of nitrogens with one attached hydrogen (secondary N) is 3. The third-order valence-corrected chi connectivity index (χ3v) is 12.0. The number of phenols is 1. The van der Waals surface area contributed by atoms with Crippen LogP contribution in [0, 0.1) is 12.3 Å². The highest BCUT2D eigenvalue weighted by molar-refractivity contribution is 7.13. The van der Waals surface area contributed by atoms with E-state index in [0.717, 1.165) is 47.0 Å². The molecule has 0 saturated carbocycles. The highest BCUT2D eigenvalue weighted by atomic mass is 32.1. The van der Waals surface area contributed by atoms with Crippen LogP contribution in [0.3, 0.4) is 0 Å². The lowest BCUT2D eigenvalue weighted by Crippen LogP contribution is -2.58. The molecule has 2 aromatic heterocycles. The number of carbonyl (C=O) groups is 3. The van der Waals surface area contributed by atoms with E-state index >= 15 is 0 Å². The molecule has 2 fully saturated rings. The quantitative estimate of drug-likeness (QED) is 0.155. The van der Waals surface area contributed by atoms with Gasteiger partial charge in [-0.25, -0.2) is 9.78 Å². The van der Waals surface area contributed by atoms with Gasteiger partial charge >= 0.3 is 6.09 Å². The number of phenolic OH excluding ortho intramolecular Hbond substituents is 1. The van der Waals surface area contributed by atoms with Crippen LogP contribution >= 0.6 is 11.3 Å². The first-order chi connectivity index (χ1) is 27.3. The summed E-state index contributed by atoms with van der Waals surface area (Å²) in [6.07, 6.45) is -1.51. The van der Waals surface area contributed by atoms with Gasteiger partial charge in [0.2, 0.25) is 11.8 Å². The molecule has 0 radical (unpaired) electrons. The molecule has 0 aliphatic carbocycles. The Labute approximate surface area is 336 Å². The van der Waals surface area contributed by atoms with Crippen molar-refractivity contribution in [3.63, 3.8) is 0 Å². The van der Waals surface area contributed by atoms with Crippen molar-refractivity contribution in [2.24, 2.45) is 5.41 Å². The summed E-state index contributed by atoms with van der Waals surface area (Å²) in [4.78, 5) is 52.3. The van der Waals surface area contributed by atoms with Crippen molar-refractivity contribution in [1.82, 2.24) is 35.6 Å². The lowest BCUT2D eigenvalue weighted by atomic mass is 9.85. The molecule has 15 nitrogen and oxygen atoms in total. The maximum Gasteiger partial charge on any atom is 0.407 e. The summed E-state index contributed by atoms with van der Waals surface area (Å²) in [6, 6.07) is 14.8. The lowest BCUT2D eigenvalue weighted by molar-refractivity contribution is -0.142. The molecule has 5 heterocycles. The topological polar surface area (TPSA) is 185 Å². The van der Waals surface area contributed by atoms with Gasteiger partial charge in [-0.05, 0) is 48.6 Å². The first-order valence-corrected chi connectivity index (χ1v) is 20.3. The Balaban J connectivity index is 0.917. The molecule has 2 saturated heterocycles. The molecule has 3 amide bonds. The van der Waals surface area contributed by atoms with Crippen LogP contribution < -0.4 is 20.9 Å². The second kappa shape index (κ2) is 16.6. The van der Waals surface area contributed by atoms with Crippen LogP contribution in [0.25, 0.3) is 21.7 Å². The predicted octanol–water partition coefficient (Wildman–Crippen LogP) is 4.18. The summed E-state index contributed by atoms with van der Waals surface area (Å²) < 4.78 is 5.62. The first kappa shape index (κ1) is 39.9. The number of β-amino-alcohol motifs (C(OH)–C–C–N with tert-alkyl or cyclic N) is 1. The summed E-state index contributed by atoms with van der Waals surface area (Å²) >= 11 is 1.58. The third-order valence-electron chi connectivity index (χ3n) is 11.0. The normalized spacial score (nSPS) is 20.5. The molecule has 5 N–H and O–H groups in total. The number of aryl methyl sites for hydroxylation is 1. The number of amides is 3. The van der Waals surface area contributed by atoms with Crippen LogP contribution in [0.2, 0.25) is 0 Å². The summed E-state index contributed by atoms with van der Waals surface area (Å²) in [5.74, 6) is 0.0264. The highest BCUT2D eigenvalue weighted by Crippen LogP contribution is 2.36. The van der Waals surface area contributed by atoms with Crippen molar-refractivity contribution < 1.29 is 29.3 Å². The van der Waals surface area contributed by atoms with Crippen molar-refractivity contribution in [2.45, 2.75) is 71.3 Å². The smallest absolute Gasteiger partial charge is 0.407 e. The second-order valence-electron chi connectivity index (χ2n) is 16.1. The van der Waals surface area contributed by atoms with E-state index in [1.165, 1.54) is 4.90 Å². The molecule has 3 aliphatic heterocycles. The van der Waals surface area contributed by atoms with Crippen LogP contribution in [0.4, 0.5) is 16.3 Å². The molecule has 0 unspecified atom stereocenters. The number of rotatable bonds is 10. The number of nitrogens with zero attached hydrogens (tertiary/aromatic N) is 6. The Morgan fingerprint density at radius 3 is 2.54 bits per heavy atom. The molecule has 16 heteroatoms. The third kappa shape index (κ3) is 8.82. The molecule has 5 atom stereocenters. The zero-order valence-corrected chi connectivity index (χ0v) is 33.8. The van der Waals surface area contributed by atoms with Crippen LogP contribution in [-0.4, -0.2) is 123 Å². The number of aliphatic hydroxyl groups excluding tert-OH is 1. The number of aromatic nitrogens is 3. The van der Waals surface area contributed by atoms with Crippen LogP contribution in [-0.2, 0) is 14.3 Å². The van der Waals surface area contributed by atoms with Gasteiger partial charge in [-0.15, -0.1) is 21.5 Å². The zero-order valence-electron chi connectivity index (χ0n) is 32.9. The van der Waals surface area contributed by atoms with E-state index in [0.29, 0.717) is 30.2 Å². The molecule has 0 bridgehead atoms. The Morgan fingerprint density at radius 2 is 1.82 bits per heavy atom. The summed E-state index contributed by atoms with van der Waals surface area (Å²) in [6.45, 7) is 12.8. The van der Waals surface area contributed by atoms with E-state index in [-0.39, 0.29) is 43.3 Å². The minimum absolute atomic E-state index is 0.0212. The number of thiazole rings is 1. The van der Waals surface area contributed by atoms with Gasteiger partial charge in [-0.2, -0.15) is 0 Å². The number of aromatic hydroxyl groups is 1. The number of ether oxygens (including phenoxy) is 1. The van der Waals surface area contributed by atoms with Gasteiger partial charge in [0, 0.05) is 51.3 Å². The van der Waals surface area contributed by atoms with Gasteiger partial charge in [0.05, 0.1) is 45.7 Å². The minimum Gasteiger partial charge on any atom is -0.507 e. The number of hydrogen-bond acceptors (Lipinski definition) is 13. The summed E-state index contributed by atoms with van der Waals surface area (Å²) in [7, 11) is 0.